The lowest BCUT2D eigenvalue weighted by atomic mass is 10.1. The Morgan fingerprint density at radius 2 is 2.17 bits per heavy atom. The number of fused-ring (bicyclic) bond motifs is 1. The van der Waals surface area contributed by atoms with Crippen molar-refractivity contribution in [1.82, 2.24) is 19.7 Å². The molecule has 0 aliphatic heterocycles. The molecular formula is C12H17BrN4O. The van der Waals surface area contributed by atoms with E-state index in [0.717, 1.165) is 15.9 Å². The van der Waals surface area contributed by atoms with E-state index in [0.29, 0.717) is 6.54 Å². The quantitative estimate of drug-likeness (QED) is 0.880. The van der Waals surface area contributed by atoms with Crippen molar-refractivity contribution in [3.63, 3.8) is 0 Å². The van der Waals surface area contributed by atoms with Crippen LogP contribution in [0.4, 0.5) is 0 Å². The van der Waals surface area contributed by atoms with E-state index in [9.17, 15) is 0 Å². The first kappa shape index (κ1) is 13.5. The first-order chi connectivity index (χ1) is 8.61. The summed E-state index contributed by atoms with van der Waals surface area (Å²) in [5.74, 6) is 0.234. The SMILES string of the molecule is CC(CO)C(C)NCc1cnc2cnc(Br)cn12. The van der Waals surface area contributed by atoms with Gasteiger partial charge in [-0.05, 0) is 28.8 Å². The van der Waals surface area contributed by atoms with Crippen molar-refractivity contribution in [2.45, 2.75) is 26.4 Å². The molecule has 0 bridgehead atoms. The van der Waals surface area contributed by atoms with Crippen molar-refractivity contribution in [2.24, 2.45) is 5.92 Å². The van der Waals surface area contributed by atoms with Crippen LogP contribution < -0.4 is 5.32 Å². The number of nitrogens with one attached hydrogen (secondary N) is 1. The van der Waals surface area contributed by atoms with Crippen molar-refractivity contribution in [2.75, 3.05) is 6.61 Å². The second-order valence-corrected chi connectivity index (χ2v) is 5.33. The molecule has 2 N–H and O–H groups in total. The zero-order valence-corrected chi connectivity index (χ0v) is 12.1. The fraction of sp³-hybridized carbons (Fsp3) is 0.500. The summed E-state index contributed by atoms with van der Waals surface area (Å²) in [6.45, 7) is 4.99. The second-order valence-electron chi connectivity index (χ2n) is 4.52. The first-order valence-corrected chi connectivity index (χ1v) is 6.73. The highest BCUT2D eigenvalue weighted by Crippen LogP contribution is 2.11. The van der Waals surface area contributed by atoms with Crippen LogP contribution in [0.5, 0.6) is 0 Å². The molecule has 18 heavy (non-hydrogen) atoms. The fourth-order valence-corrected chi connectivity index (χ4v) is 1.98. The van der Waals surface area contributed by atoms with Crippen LogP contribution in [-0.4, -0.2) is 32.1 Å². The van der Waals surface area contributed by atoms with Crippen LogP contribution in [0.1, 0.15) is 19.5 Å². The van der Waals surface area contributed by atoms with E-state index < -0.39 is 0 Å². The minimum absolute atomic E-state index is 0.191. The van der Waals surface area contributed by atoms with Gasteiger partial charge < -0.3 is 10.4 Å². The van der Waals surface area contributed by atoms with E-state index in [2.05, 4.69) is 38.1 Å². The Morgan fingerprint density at radius 3 is 2.89 bits per heavy atom. The van der Waals surface area contributed by atoms with Crippen LogP contribution in [0, 0.1) is 5.92 Å². The molecule has 6 heteroatoms. The van der Waals surface area contributed by atoms with Gasteiger partial charge in [-0.15, -0.1) is 0 Å². The molecule has 98 valence electrons. The molecule has 5 nitrogen and oxygen atoms in total. The number of aromatic nitrogens is 3. The highest BCUT2D eigenvalue weighted by Gasteiger charge is 2.11. The lowest BCUT2D eigenvalue weighted by molar-refractivity contribution is 0.206. The number of nitrogens with zero attached hydrogens (tertiary/aromatic N) is 3. The molecule has 2 aromatic heterocycles. The number of hydrogen-bond donors (Lipinski definition) is 2. The van der Waals surface area contributed by atoms with E-state index in [1.807, 2.05) is 23.7 Å². The lowest BCUT2D eigenvalue weighted by Gasteiger charge is -2.19. The minimum Gasteiger partial charge on any atom is -0.396 e. The molecule has 0 aromatic carbocycles. The highest BCUT2D eigenvalue weighted by atomic mass is 79.9. The molecule has 0 fully saturated rings. The molecule has 0 spiro atoms. The molecule has 2 rings (SSSR count). The van der Waals surface area contributed by atoms with Gasteiger partial charge in [-0.3, -0.25) is 4.40 Å². The van der Waals surface area contributed by atoms with E-state index in [1.165, 1.54) is 0 Å². The number of imidazole rings is 1. The van der Waals surface area contributed by atoms with Crippen molar-refractivity contribution in [3.8, 4) is 0 Å². The van der Waals surface area contributed by atoms with Crippen LogP contribution in [0.3, 0.4) is 0 Å². The molecule has 0 radical (unpaired) electrons. The molecule has 2 atom stereocenters. The summed E-state index contributed by atoms with van der Waals surface area (Å²) in [7, 11) is 0. The Morgan fingerprint density at radius 1 is 1.39 bits per heavy atom. The maximum Gasteiger partial charge on any atom is 0.155 e. The van der Waals surface area contributed by atoms with Gasteiger partial charge >= 0.3 is 0 Å². The van der Waals surface area contributed by atoms with E-state index >= 15 is 0 Å². The van der Waals surface area contributed by atoms with Gasteiger partial charge in [0.1, 0.15) is 4.60 Å². The van der Waals surface area contributed by atoms with E-state index in [4.69, 9.17) is 5.11 Å². The average Bonchev–Trinajstić information content (AvgIpc) is 2.77. The average molecular weight is 313 g/mol. The van der Waals surface area contributed by atoms with Crippen LogP contribution in [0.25, 0.3) is 5.65 Å². The zero-order chi connectivity index (χ0) is 13.1. The largest absolute Gasteiger partial charge is 0.396 e. The van der Waals surface area contributed by atoms with Crippen LogP contribution in [0.15, 0.2) is 23.2 Å². The second kappa shape index (κ2) is 5.77. The standard InChI is InChI=1S/C12H17BrN4O/c1-8(7-18)9(2)14-3-10-4-16-12-5-15-11(13)6-17(10)12/h4-6,8-9,14,18H,3,7H2,1-2H3. The summed E-state index contributed by atoms with van der Waals surface area (Å²) in [6.07, 6.45) is 5.47. The van der Waals surface area contributed by atoms with Gasteiger partial charge in [0.05, 0.1) is 18.1 Å². The van der Waals surface area contributed by atoms with Crippen molar-refractivity contribution < 1.29 is 5.11 Å². The summed E-state index contributed by atoms with van der Waals surface area (Å²) in [4.78, 5) is 8.43. The first-order valence-electron chi connectivity index (χ1n) is 5.93. The van der Waals surface area contributed by atoms with Crippen molar-refractivity contribution in [1.29, 1.82) is 0 Å². The lowest BCUT2D eigenvalue weighted by Crippen LogP contribution is -2.33. The molecule has 2 heterocycles. The number of aliphatic hydroxyl groups is 1. The molecule has 0 aliphatic carbocycles. The fourth-order valence-electron chi connectivity index (χ4n) is 1.67. The van der Waals surface area contributed by atoms with E-state index in [1.54, 1.807) is 6.20 Å². The Balaban J connectivity index is 2.10. The van der Waals surface area contributed by atoms with Crippen molar-refractivity contribution in [3.05, 3.63) is 28.9 Å². The van der Waals surface area contributed by atoms with Gasteiger partial charge in [0.2, 0.25) is 0 Å². The molecule has 0 amide bonds. The maximum atomic E-state index is 9.10. The third-order valence-corrected chi connectivity index (χ3v) is 3.60. The van der Waals surface area contributed by atoms with Crippen LogP contribution in [-0.2, 0) is 6.54 Å². The number of rotatable bonds is 5. The van der Waals surface area contributed by atoms with Gasteiger partial charge in [-0.2, -0.15) is 0 Å². The Labute approximate surface area is 114 Å². The molecular weight excluding hydrogens is 296 g/mol. The normalized spacial score (nSPS) is 14.9. The molecule has 0 aliphatic rings. The van der Waals surface area contributed by atoms with Gasteiger partial charge in [0.25, 0.3) is 0 Å². The van der Waals surface area contributed by atoms with Crippen molar-refractivity contribution >= 4 is 21.6 Å². The van der Waals surface area contributed by atoms with Crippen LogP contribution >= 0.6 is 15.9 Å². The van der Waals surface area contributed by atoms with Gasteiger partial charge in [-0.1, -0.05) is 6.92 Å². The van der Waals surface area contributed by atoms with Crippen LogP contribution in [0.2, 0.25) is 0 Å². The summed E-state index contributed by atoms with van der Waals surface area (Å²) in [5, 5.41) is 12.5. The molecule has 2 aromatic rings. The third kappa shape index (κ3) is 2.88. The van der Waals surface area contributed by atoms with Gasteiger partial charge in [0, 0.05) is 25.4 Å². The zero-order valence-electron chi connectivity index (χ0n) is 10.5. The Hall–Kier alpha value is -0.980. The number of halogens is 1. The third-order valence-electron chi connectivity index (χ3n) is 3.19. The summed E-state index contributed by atoms with van der Waals surface area (Å²) in [5.41, 5.74) is 1.91. The summed E-state index contributed by atoms with van der Waals surface area (Å²) in [6, 6.07) is 0.255. The monoisotopic (exact) mass is 312 g/mol. The van der Waals surface area contributed by atoms with Gasteiger partial charge in [0.15, 0.2) is 5.65 Å². The van der Waals surface area contributed by atoms with Gasteiger partial charge in [-0.25, -0.2) is 9.97 Å². The smallest absolute Gasteiger partial charge is 0.155 e. The summed E-state index contributed by atoms with van der Waals surface area (Å²) >= 11 is 3.35. The minimum atomic E-state index is 0.191. The highest BCUT2D eigenvalue weighted by molar-refractivity contribution is 9.10. The van der Waals surface area contributed by atoms with E-state index in [-0.39, 0.29) is 18.6 Å². The summed E-state index contributed by atoms with van der Waals surface area (Å²) < 4.78 is 2.78. The topological polar surface area (TPSA) is 62.5 Å². The maximum absolute atomic E-state index is 9.10. The number of aliphatic hydroxyl groups excluding tert-OH is 1. The predicted octanol–water partition coefficient (Wildman–Crippen LogP) is 1.60. The predicted molar refractivity (Wildman–Crippen MR) is 73.2 cm³/mol. The number of hydrogen-bond acceptors (Lipinski definition) is 4. The Kier molecular flexibility index (Phi) is 4.31. The molecule has 0 saturated carbocycles. The molecule has 2 unspecified atom stereocenters. The Bertz CT molecular complexity index is 528. The molecule has 0 saturated heterocycles.